The Bertz CT molecular complexity index is 1090. The number of hydrogen-bond acceptors (Lipinski definition) is 4. The molecule has 1 heterocycles. The van der Waals surface area contributed by atoms with Gasteiger partial charge in [-0.2, -0.15) is 0 Å². The third kappa shape index (κ3) is 6.29. The van der Waals surface area contributed by atoms with E-state index >= 15 is 0 Å². The van der Waals surface area contributed by atoms with Gasteiger partial charge in [-0.1, -0.05) is 67.9 Å². The minimum atomic E-state index is -1.01. The van der Waals surface area contributed by atoms with Gasteiger partial charge < -0.3 is 14.7 Å². The number of aliphatic hydroxyl groups is 1. The molecule has 0 saturated carbocycles. The van der Waals surface area contributed by atoms with Crippen molar-refractivity contribution < 1.29 is 9.84 Å². The predicted octanol–water partition coefficient (Wildman–Crippen LogP) is 6.30. The van der Waals surface area contributed by atoms with Crippen molar-refractivity contribution in [1.29, 1.82) is 0 Å². The van der Waals surface area contributed by atoms with Crippen LogP contribution in [0.4, 0.5) is 5.69 Å². The second-order valence-corrected chi connectivity index (χ2v) is 10.4. The number of unbranched alkanes of at least 4 members (excludes halogenated alkanes) is 1. The van der Waals surface area contributed by atoms with E-state index in [9.17, 15) is 5.11 Å². The molecule has 192 valence electrons. The van der Waals surface area contributed by atoms with Crippen molar-refractivity contribution in [2.24, 2.45) is 0 Å². The van der Waals surface area contributed by atoms with Gasteiger partial charge in [-0.3, -0.25) is 4.90 Å². The van der Waals surface area contributed by atoms with Gasteiger partial charge in [0.1, 0.15) is 5.75 Å². The Morgan fingerprint density at radius 2 is 1.61 bits per heavy atom. The van der Waals surface area contributed by atoms with Crippen LogP contribution in [0.5, 0.6) is 5.75 Å². The Hall–Kier alpha value is -2.82. The summed E-state index contributed by atoms with van der Waals surface area (Å²) in [4.78, 5) is 5.02. The van der Waals surface area contributed by atoms with Crippen molar-refractivity contribution in [3.05, 3.63) is 95.1 Å². The molecule has 4 heteroatoms. The summed E-state index contributed by atoms with van der Waals surface area (Å²) in [6.45, 7) is 14.0. The molecule has 0 spiro atoms. The van der Waals surface area contributed by atoms with E-state index in [0.29, 0.717) is 0 Å². The van der Waals surface area contributed by atoms with Gasteiger partial charge in [-0.05, 0) is 67.6 Å². The third-order valence-corrected chi connectivity index (χ3v) is 7.60. The number of aryl methyl sites for hydroxylation is 2. The van der Waals surface area contributed by atoms with Crippen LogP contribution in [0.1, 0.15) is 54.9 Å². The van der Waals surface area contributed by atoms with Gasteiger partial charge in [0.25, 0.3) is 0 Å². The molecule has 2 unspecified atom stereocenters. The molecule has 3 aromatic carbocycles. The van der Waals surface area contributed by atoms with E-state index < -0.39 is 5.60 Å². The normalized spacial score (nSPS) is 17.0. The Labute approximate surface area is 217 Å². The Morgan fingerprint density at radius 1 is 0.917 bits per heavy atom. The lowest BCUT2D eigenvalue weighted by Gasteiger charge is -2.41. The fourth-order valence-electron chi connectivity index (χ4n) is 5.21. The van der Waals surface area contributed by atoms with Gasteiger partial charge >= 0.3 is 0 Å². The van der Waals surface area contributed by atoms with Crippen LogP contribution in [0.15, 0.2) is 72.8 Å². The van der Waals surface area contributed by atoms with E-state index in [1.54, 1.807) is 0 Å². The van der Waals surface area contributed by atoms with E-state index in [0.717, 1.165) is 63.5 Å². The monoisotopic (exact) mass is 486 g/mol. The zero-order valence-corrected chi connectivity index (χ0v) is 22.4. The molecule has 1 N–H and O–H groups in total. The number of ether oxygens (including phenoxy) is 1. The molecule has 2 atom stereocenters. The third-order valence-electron chi connectivity index (χ3n) is 7.60. The fourth-order valence-corrected chi connectivity index (χ4v) is 5.21. The van der Waals surface area contributed by atoms with Gasteiger partial charge in [-0.25, -0.2) is 0 Å². The molecule has 1 aliphatic heterocycles. The molecule has 0 aliphatic carbocycles. The number of nitrogens with zero attached hydrogens (tertiary/aromatic N) is 2. The lowest BCUT2D eigenvalue weighted by atomic mass is 9.78. The quantitative estimate of drug-likeness (QED) is 0.341. The highest BCUT2D eigenvalue weighted by Crippen LogP contribution is 2.38. The molecule has 1 saturated heterocycles. The molecular weight excluding hydrogens is 444 g/mol. The van der Waals surface area contributed by atoms with E-state index in [1.165, 1.54) is 22.4 Å². The Morgan fingerprint density at radius 3 is 2.28 bits per heavy atom. The first kappa shape index (κ1) is 26.2. The summed E-state index contributed by atoms with van der Waals surface area (Å²) in [7, 11) is 0. The van der Waals surface area contributed by atoms with Gasteiger partial charge in [0, 0.05) is 44.3 Å². The lowest BCUT2D eigenvalue weighted by Crippen LogP contribution is -2.49. The van der Waals surface area contributed by atoms with E-state index in [-0.39, 0.29) is 5.92 Å². The average molecular weight is 487 g/mol. The molecule has 3 aromatic rings. The Balaban J connectivity index is 1.49. The van der Waals surface area contributed by atoms with Crippen molar-refractivity contribution in [3.8, 4) is 5.75 Å². The molecule has 1 aliphatic rings. The zero-order valence-electron chi connectivity index (χ0n) is 22.4. The molecule has 0 amide bonds. The molecule has 1 fully saturated rings. The van der Waals surface area contributed by atoms with Crippen LogP contribution in [0.2, 0.25) is 0 Å². The van der Waals surface area contributed by atoms with Crippen LogP contribution in [-0.2, 0) is 5.60 Å². The smallest absolute Gasteiger partial charge is 0.119 e. The van der Waals surface area contributed by atoms with Crippen LogP contribution in [0, 0.1) is 13.8 Å². The topological polar surface area (TPSA) is 35.9 Å². The maximum atomic E-state index is 12.0. The van der Waals surface area contributed by atoms with Crippen molar-refractivity contribution in [2.45, 2.75) is 52.1 Å². The average Bonchev–Trinajstić information content (AvgIpc) is 2.90. The minimum Gasteiger partial charge on any atom is -0.494 e. The summed E-state index contributed by atoms with van der Waals surface area (Å²) in [5.41, 5.74) is 5.08. The highest BCUT2D eigenvalue weighted by atomic mass is 16.5. The summed E-state index contributed by atoms with van der Waals surface area (Å²) >= 11 is 0. The number of anilines is 1. The summed E-state index contributed by atoms with van der Waals surface area (Å²) in [6.07, 6.45) is 2.16. The van der Waals surface area contributed by atoms with Crippen LogP contribution in [-0.4, -0.2) is 49.3 Å². The van der Waals surface area contributed by atoms with Crippen LogP contribution < -0.4 is 9.64 Å². The maximum absolute atomic E-state index is 12.0. The van der Waals surface area contributed by atoms with E-state index in [1.807, 2.05) is 37.3 Å². The second kappa shape index (κ2) is 11.9. The predicted molar refractivity (Wildman–Crippen MR) is 150 cm³/mol. The molecule has 4 nitrogen and oxygen atoms in total. The zero-order chi connectivity index (χ0) is 25.5. The first-order valence-electron chi connectivity index (χ1n) is 13.4. The van der Waals surface area contributed by atoms with Crippen LogP contribution in [0.25, 0.3) is 0 Å². The second-order valence-electron chi connectivity index (χ2n) is 10.4. The van der Waals surface area contributed by atoms with Crippen molar-refractivity contribution in [2.75, 3.05) is 44.2 Å². The molecular formula is C32H42N2O2. The summed E-state index contributed by atoms with van der Waals surface area (Å²) in [6, 6.07) is 25.2. The van der Waals surface area contributed by atoms with Gasteiger partial charge in [-0.15, -0.1) is 0 Å². The van der Waals surface area contributed by atoms with Crippen molar-refractivity contribution >= 4 is 5.69 Å². The lowest BCUT2D eigenvalue weighted by molar-refractivity contribution is 0.0121. The summed E-state index contributed by atoms with van der Waals surface area (Å²) in [5.74, 6) is 0.819. The molecule has 36 heavy (non-hydrogen) atoms. The first-order chi connectivity index (χ1) is 17.4. The summed E-state index contributed by atoms with van der Waals surface area (Å²) in [5, 5.41) is 12.0. The SMILES string of the molecule is CCCCOc1ccc(C(C)(O)C(CN2CCN(c3cc(C)ccc3C)CC2)c2ccccc2)cc1. The van der Waals surface area contributed by atoms with Crippen LogP contribution >= 0.6 is 0 Å². The van der Waals surface area contributed by atoms with Crippen molar-refractivity contribution in [1.82, 2.24) is 4.90 Å². The molecule has 0 aromatic heterocycles. The molecule has 0 bridgehead atoms. The highest BCUT2D eigenvalue weighted by molar-refractivity contribution is 5.55. The number of piperazine rings is 1. The molecule has 0 radical (unpaired) electrons. The number of hydrogen-bond donors (Lipinski definition) is 1. The van der Waals surface area contributed by atoms with Gasteiger partial charge in [0.2, 0.25) is 0 Å². The minimum absolute atomic E-state index is 0.0437. The van der Waals surface area contributed by atoms with Crippen LogP contribution in [0.3, 0.4) is 0 Å². The Kier molecular flexibility index (Phi) is 8.71. The fraction of sp³-hybridized carbons (Fsp3) is 0.438. The van der Waals surface area contributed by atoms with E-state index in [4.69, 9.17) is 4.74 Å². The maximum Gasteiger partial charge on any atom is 0.119 e. The van der Waals surface area contributed by atoms with Gasteiger partial charge in [0.05, 0.1) is 12.2 Å². The standard InChI is InChI=1S/C32H42N2O2/c1-5-6-22-36-29-16-14-28(15-17-29)32(4,35)30(27-10-8-7-9-11-27)24-33-18-20-34(21-19-33)31-23-25(2)12-13-26(31)3/h7-17,23,30,35H,5-6,18-22,24H2,1-4H3. The summed E-state index contributed by atoms with van der Waals surface area (Å²) < 4.78 is 5.85. The molecule has 4 rings (SSSR count). The van der Waals surface area contributed by atoms with Crippen molar-refractivity contribution in [3.63, 3.8) is 0 Å². The highest BCUT2D eigenvalue weighted by Gasteiger charge is 2.36. The first-order valence-corrected chi connectivity index (χ1v) is 13.4. The van der Waals surface area contributed by atoms with Gasteiger partial charge in [0.15, 0.2) is 0 Å². The number of benzene rings is 3. The van der Waals surface area contributed by atoms with E-state index in [2.05, 4.69) is 73.0 Å². The number of rotatable bonds is 10. The largest absolute Gasteiger partial charge is 0.494 e.